The van der Waals surface area contributed by atoms with Crippen molar-refractivity contribution >= 4 is 21.4 Å². The molecule has 41 heavy (non-hydrogen) atoms. The molecule has 3 aromatic heterocycles. The predicted octanol–water partition coefficient (Wildman–Crippen LogP) is 5.11. The third-order valence-electron chi connectivity index (χ3n) is 6.10. The van der Waals surface area contributed by atoms with E-state index in [1.54, 1.807) is 12.4 Å². The van der Waals surface area contributed by atoms with Gasteiger partial charge >= 0.3 is 0 Å². The highest BCUT2D eigenvalue weighted by atomic mass is 32.2. The molecule has 2 aromatic carbocycles. The van der Waals surface area contributed by atoms with Gasteiger partial charge in [-0.05, 0) is 77.9 Å². The molecule has 0 atom stereocenters. The fourth-order valence-corrected chi connectivity index (χ4v) is 5.55. The second kappa shape index (κ2) is 11.7. The van der Waals surface area contributed by atoms with Crippen molar-refractivity contribution in [2.75, 3.05) is 0 Å². The Morgan fingerprint density at radius 2 is 1.71 bits per heavy atom. The van der Waals surface area contributed by atoms with Gasteiger partial charge in [0.1, 0.15) is 17.2 Å². The summed E-state index contributed by atoms with van der Waals surface area (Å²) in [5.41, 5.74) is 1.75. The van der Waals surface area contributed by atoms with Crippen LogP contribution in [0.1, 0.15) is 44.7 Å². The van der Waals surface area contributed by atoms with Gasteiger partial charge in [0.05, 0.1) is 10.6 Å². The lowest BCUT2D eigenvalue weighted by atomic mass is 10.1. The number of hydrogen-bond acceptors (Lipinski definition) is 5. The zero-order valence-corrected chi connectivity index (χ0v) is 22.1. The molecule has 7 nitrogen and oxygen atoms in total. The number of amides is 1. The van der Waals surface area contributed by atoms with Gasteiger partial charge in [-0.3, -0.25) is 9.78 Å². The minimum atomic E-state index is -4.09. The number of alkyl halides is 2. The maximum absolute atomic E-state index is 13.4. The van der Waals surface area contributed by atoms with Crippen LogP contribution in [0.15, 0.2) is 96.4 Å². The zero-order valence-electron chi connectivity index (χ0n) is 21.3. The van der Waals surface area contributed by atoms with E-state index in [0.29, 0.717) is 5.56 Å². The topological polar surface area (TPSA) is 93.4 Å². The molecular weight excluding hydrogens is 553 g/mol. The number of benzene rings is 2. The van der Waals surface area contributed by atoms with Crippen molar-refractivity contribution in [3.63, 3.8) is 0 Å². The summed E-state index contributed by atoms with van der Waals surface area (Å²) < 4.78 is 68.2. The molecular formula is C30H21F3N4O3S. The first-order valence-electron chi connectivity index (χ1n) is 12.3. The van der Waals surface area contributed by atoms with E-state index in [4.69, 9.17) is 0 Å². The van der Waals surface area contributed by atoms with Crippen LogP contribution in [-0.2, 0) is 22.1 Å². The van der Waals surface area contributed by atoms with E-state index in [1.165, 1.54) is 48.5 Å². The number of rotatable bonds is 7. The third-order valence-corrected chi connectivity index (χ3v) is 7.84. The average molecular weight is 575 g/mol. The Hall–Kier alpha value is -4.95. The van der Waals surface area contributed by atoms with Crippen LogP contribution >= 0.6 is 0 Å². The lowest BCUT2D eigenvalue weighted by Gasteiger charge is -2.11. The number of nitrogens with one attached hydrogen (secondary N) is 1. The van der Waals surface area contributed by atoms with Crippen LogP contribution < -0.4 is 5.32 Å². The van der Waals surface area contributed by atoms with Crippen molar-refractivity contribution in [3.8, 4) is 11.8 Å². The SMILES string of the molecule is O=C(NCc1ccn2ccnc2c1)c1ccc(S(=O)(=O)Cc2ccnc(C(F)F)c2)c(C#Cc2ccc(F)cc2)c1. The van der Waals surface area contributed by atoms with Crippen molar-refractivity contribution in [2.45, 2.75) is 23.6 Å². The monoisotopic (exact) mass is 574 g/mol. The fourth-order valence-electron chi connectivity index (χ4n) is 4.06. The predicted molar refractivity (Wildman–Crippen MR) is 145 cm³/mol. The van der Waals surface area contributed by atoms with E-state index in [0.717, 1.165) is 23.5 Å². The van der Waals surface area contributed by atoms with Crippen molar-refractivity contribution in [3.05, 3.63) is 131 Å². The molecule has 5 rings (SSSR count). The summed E-state index contributed by atoms with van der Waals surface area (Å²) in [6.07, 6.45) is 3.55. The summed E-state index contributed by atoms with van der Waals surface area (Å²) in [7, 11) is -4.09. The van der Waals surface area contributed by atoms with Crippen molar-refractivity contribution in [1.29, 1.82) is 0 Å². The molecule has 0 radical (unpaired) electrons. The summed E-state index contributed by atoms with van der Waals surface area (Å²) in [5, 5.41) is 2.80. The highest BCUT2D eigenvalue weighted by Crippen LogP contribution is 2.24. The highest BCUT2D eigenvalue weighted by molar-refractivity contribution is 7.90. The standard InChI is InChI=1S/C30H21F3N4O3S/c31-25-6-2-20(3-7-25)1-4-23-17-24(30(38)36-18-21-10-13-37-14-12-35-28(37)16-21)5-8-27(23)41(39,40)19-22-9-11-34-26(15-22)29(32)33/h2-3,5-17,29H,18-19H2,(H,36,38). The van der Waals surface area contributed by atoms with Crippen LogP contribution in [0.25, 0.3) is 5.65 Å². The molecule has 206 valence electrons. The van der Waals surface area contributed by atoms with Crippen LogP contribution in [0.3, 0.4) is 0 Å². The number of carbonyl (C=O) groups is 1. The number of sulfone groups is 1. The minimum Gasteiger partial charge on any atom is -0.348 e. The van der Waals surface area contributed by atoms with Gasteiger partial charge in [0.25, 0.3) is 12.3 Å². The Morgan fingerprint density at radius 1 is 0.902 bits per heavy atom. The lowest BCUT2D eigenvalue weighted by Crippen LogP contribution is -2.23. The number of hydrogen-bond donors (Lipinski definition) is 1. The van der Waals surface area contributed by atoms with Crippen LogP contribution in [0, 0.1) is 17.7 Å². The minimum absolute atomic E-state index is 0.0314. The largest absolute Gasteiger partial charge is 0.348 e. The summed E-state index contributed by atoms with van der Waals surface area (Å²) in [6, 6.07) is 15.3. The molecule has 1 amide bonds. The van der Waals surface area contributed by atoms with Gasteiger partial charge in [0.15, 0.2) is 9.84 Å². The number of nitrogens with zero attached hydrogens (tertiary/aromatic N) is 3. The van der Waals surface area contributed by atoms with Gasteiger partial charge in [-0.1, -0.05) is 11.8 Å². The number of aromatic nitrogens is 3. The van der Waals surface area contributed by atoms with Gasteiger partial charge in [-0.2, -0.15) is 0 Å². The summed E-state index contributed by atoms with van der Waals surface area (Å²) in [4.78, 5) is 20.6. The summed E-state index contributed by atoms with van der Waals surface area (Å²) >= 11 is 0. The number of imidazole rings is 1. The van der Waals surface area contributed by atoms with Crippen molar-refractivity contribution in [1.82, 2.24) is 19.7 Å². The molecule has 1 N–H and O–H groups in total. The number of carbonyl (C=O) groups excluding carboxylic acids is 1. The lowest BCUT2D eigenvalue weighted by molar-refractivity contribution is 0.0950. The van der Waals surface area contributed by atoms with Crippen LogP contribution in [0.5, 0.6) is 0 Å². The Kier molecular flexibility index (Phi) is 7.85. The molecule has 0 saturated heterocycles. The van der Waals surface area contributed by atoms with E-state index < -0.39 is 39.4 Å². The molecule has 0 aliphatic carbocycles. The van der Waals surface area contributed by atoms with Gasteiger partial charge < -0.3 is 9.72 Å². The number of pyridine rings is 2. The van der Waals surface area contributed by atoms with Gasteiger partial charge in [-0.25, -0.2) is 26.6 Å². The van der Waals surface area contributed by atoms with Crippen molar-refractivity contribution in [2.24, 2.45) is 0 Å². The third kappa shape index (κ3) is 6.62. The zero-order chi connectivity index (χ0) is 29.0. The first-order chi connectivity index (χ1) is 19.7. The van der Waals surface area contributed by atoms with Gasteiger partial charge in [-0.15, -0.1) is 0 Å². The fraction of sp³-hybridized carbons (Fsp3) is 0.100. The Labute approximate surface area is 233 Å². The summed E-state index contributed by atoms with van der Waals surface area (Å²) in [5.74, 6) is 4.08. The maximum atomic E-state index is 13.4. The van der Waals surface area contributed by atoms with Crippen molar-refractivity contribution < 1.29 is 26.4 Å². The maximum Gasteiger partial charge on any atom is 0.280 e. The first-order valence-corrected chi connectivity index (χ1v) is 13.9. The molecule has 5 aromatic rings. The normalized spacial score (nSPS) is 11.3. The molecule has 0 fully saturated rings. The van der Waals surface area contributed by atoms with E-state index in [-0.39, 0.29) is 28.1 Å². The molecule has 0 aliphatic heterocycles. The Balaban J connectivity index is 1.45. The average Bonchev–Trinajstić information content (AvgIpc) is 3.43. The number of halogens is 3. The second-order valence-electron chi connectivity index (χ2n) is 9.03. The quantitative estimate of drug-likeness (QED) is 0.273. The van der Waals surface area contributed by atoms with E-state index >= 15 is 0 Å². The van der Waals surface area contributed by atoms with Crippen LogP contribution in [0.4, 0.5) is 13.2 Å². The molecule has 0 unspecified atom stereocenters. The second-order valence-corrected chi connectivity index (χ2v) is 11.0. The molecule has 0 bridgehead atoms. The van der Waals surface area contributed by atoms with Gasteiger partial charge in [0, 0.05) is 48.0 Å². The van der Waals surface area contributed by atoms with Crippen LogP contribution in [-0.4, -0.2) is 28.7 Å². The van der Waals surface area contributed by atoms with Crippen LogP contribution in [0.2, 0.25) is 0 Å². The van der Waals surface area contributed by atoms with Gasteiger partial charge in [0.2, 0.25) is 0 Å². The Bertz CT molecular complexity index is 1910. The van der Waals surface area contributed by atoms with E-state index in [2.05, 4.69) is 27.1 Å². The highest BCUT2D eigenvalue weighted by Gasteiger charge is 2.22. The molecule has 0 aliphatic rings. The molecule has 0 saturated carbocycles. The molecule has 11 heteroatoms. The van der Waals surface area contributed by atoms with E-state index in [9.17, 15) is 26.4 Å². The molecule has 0 spiro atoms. The smallest absolute Gasteiger partial charge is 0.280 e. The first kappa shape index (κ1) is 27.6. The summed E-state index contributed by atoms with van der Waals surface area (Å²) in [6.45, 7) is 0.202. The van der Waals surface area contributed by atoms with E-state index in [1.807, 2.05) is 22.7 Å². The molecule has 3 heterocycles. The number of fused-ring (bicyclic) bond motifs is 1. The Morgan fingerprint density at radius 3 is 2.49 bits per heavy atom.